The average molecular weight is 213 g/mol. The molecular formula is C9H18F3NO. The highest BCUT2D eigenvalue weighted by Gasteiger charge is 2.28. The molecule has 0 radical (unpaired) electrons. The Balaban J connectivity index is 3.65. The highest BCUT2D eigenvalue weighted by Crippen LogP contribution is 2.16. The van der Waals surface area contributed by atoms with E-state index < -0.39 is 12.7 Å². The molecule has 0 heterocycles. The summed E-state index contributed by atoms with van der Waals surface area (Å²) in [7, 11) is 0. The summed E-state index contributed by atoms with van der Waals surface area (Å²) in [4.78, 5) is 0. The number of hydrogen-bond acceptors (Lipinski definition) is 2. The van der Waals surface area contributed by atoms with E-state index in [1.807, 2.05) is 20.8 Å². The molecule has 0 aromatic rings. The molecule has 0 aliphatic heterocycles. The summed E-state index contributed by atoms with van der Waals surface area (Å²) in [6.45, 7) is 6.00. The molecule has 86 valence electrons. The Bertz CT molecular complexity index is 157. The molecule has 0 fully saturated rings. The number of hydrogen-bond donors (Lipinski definition) is 1. The van der Waals surface area contributed by atoms with Gasteiger partial charge in [0.05, 0.1) is 13.2 Å². The topological polar surface area (TPSA) is 21.3 Å². The monoisotopic (exact) mass is 213 g/mol. The zero-order valence-corrected chi connectivity index (χ0v) is 8.87. The van der Waals surface area contributed by atoms with Crippen molar-refractivity contribution in [3.05, 3.63) is 0 Å². The minimum absolute atomic E-state index is 0.263. The first-order valence-electron chi connectivity index (χ1n) is 4.62. The smallest absolute Gasteiger partial charge is 0.381 e. The lowest BCUT2D eigenvalue weighted by atomic mass is 9.95. The van der Waals surface area contributed by atoms with Crippen LogP contribution in [0, 0.1) is 5.41 Å². The van der Waals surface area contributed by atoms with Gasteiger partial charge in [-0.3, -0.25) is 0 Å². The van der Waals surface area contributed by atoms with Gasteiger partial charge in [0.1, 0.15) is 0 Å². The van der Waals surface area contributed by atoms with Crippen LogP contribution < -0.4 is 5.32 Å². The zero-order valence-electron chi connectivity index (χ0n) is 8.87. The maximum atomic E-state index is 11.8. The fourth-order valence-corrected chi connectivity index (χ4v) is 0.972. The number of halogens is 3. The van der Waals surface area contributed by atoms with Crippen molar-refractivity contribution >= 4 is 0 Å². The van der Waals surface area contributed by atoms with Crippen LogP contribution in [-0.4, -0.2) is 32.5 Å². The first-order chi connectivity index (χ1) is 6.27. The number of alkyl halides is 3. The number of ether oxygens (including phenoxy) is 1. The second kappa shape index (κ2) is 5.56. The Morgan fingerprint density at radius 3 is 2.14 bits per heavy atom. The van der Waals surface area contributed by atoms with Crippen molar-refractivity contribution in [3.63, 3.8) is 0 Å². The van der Waals surface area contributed by atoms with E-state index in [1.54, 1.807) is 0 Å². The fraction of sp³-hybridized carbons (Fsp3) is 1.00. The third-order valence-corrected chi connectivity index (χ3v) is 1.63. The molecule has 0 saturated carbocycles. The van der Waals surface area contributed by atoms with E-state index in [9.17, 15) is 13.2 Å². The molecular weight excluding hydrogens is 195 g/mol. The molecule has 2 nitrogen and oxygen atoms in total. The van der Waals surface area contributed by atoms with Crippen LogP contribution in [0.4, 0.5) is 13.2 Å². The quantitative estimate of drug-likeness (QED) is 0.730. The summed E-state index contributed by atoms with van der Waals surface area (Å²) in [5, 5.41) is 2.37. The van der Waals surface area contributed by atoms with E-state index in [4.69, 9.17) is 4.74 Å². The average Bonchev–Trinajstić information content (AvgIpc) is 1.98. The van der Waals surface area contributed by atoms with Crippen LogP contribution >= 0.6 is 0 Å². The summed E-state index contributed by atoms with van der Waals surface area (Å²) >= 11 is 0. The molecule has 0 atom stereocenters. The van der Waals surface area contributed by atoms with Crippen LogP contribution in [0.5, 0.6) is 0 Å². The van der Waals surface area contributed by atoms with Crippen molar-refractivity contribution in [3.8, 4) is 0 Å². The van der Waals surface area contributed by atoms with Crippen molar-refractivity contribution in [2.45, 2.75) is 26.9 Å². The summed E-state index contributed by atoms with van der Waals surface area (Å²) < 4.78 is 40.5. The van der Waals surface area contributed by atoms with Gasteiger partial charge in [-0.2, -0.15) is 13.2 Å². The SMILES string of the molecule is CCOCC(C)(C)CNCC(F)(F)F. The van der Waals surface area contributed by atoms with E-state index in [2.05, 4.69) is 5.32 Å². The molecule has 14 heavy (non-hydrogen) atoms. The van der Waals surface area contributed by atoms with Gasteiger partial charge in [-0.15, -0.1) is 0 Å². The van der Waals surface area contributed by atoms with Gasteiger partial charge in [-0.05, 0) is 6.92 Å². The van der Waals surface area contributed by atoms with Crippen molar-refractivity contribution in [1.29, 1.82) is 0 Å². The summed E-state index contributed by atoms with van der Waals surface area (Å²) in [5.74, 6) is 0. The maximum absolute atomic E-state index is 11.8. The highest BCUT2D eigenvalue weighted by atomic mass is 19.4. The zero-order chi connectivity index (χ0) is 11.2. The third-order valence-electron chi connectivity index (χ3n) is 1.63. The van der Waals surface area contributed by atoms with E-state index in [0.29, 0.717) is 19.8 Å². The third kappa shape index (κ3) is 8.31. The Hall–Kier alpha value is -0.290. The van der Waals surface area contributed by atoms with Crippen molar-refractivity contribution in [2.75, 3.05) is 26.3 Å². The van der Waals surface area contributed by atoms with Gasteiger partial charge in [0.2, 0.25) is 0 Å². The molecule has 0 aromatic heterocycles. The minimum Gasteiger partial charge on any atom is -0.381 e. The van der Waals surface area contributed by atoms with E-state index in [0.717, 1.165) is 0 Å². The van der Waals surface area contributed by atoms with Crippen LogP contribution in [0.3, 0.4) is 0 Å². The predicted octanol–water partition coefficient (Wildman–Crippen LogP) is 2.20. The van der Waals surface area contributed by atoms with Gasteiger partial charge in [-0.25, -0.2) is 0 Å². The lowest BCUT2D eigenvalue weighted by Gasteiger charge is -2.24. The van der Waals surface area contributed by atoms with Gasteiger partial charge in [0.15, 0.2) is 0 Å². The lowest BCUT2D eigenvalue weighted by molar-refractivity contribution is -0.125. The lowest BCUT2D eigenvalue weighted by Crippen LogP contribution is -2.38. The molecule has 0 aliphatic rings. The fourth-order valence-electron chi connectivity index (χ4n) is 0.972. The largest absolute Gasteiger partial charge is 0.401 e. The van der Waals surface area contributed by atoms with E-state index in [-0.39, 0.29) is 5.41 Å². The van der Waals surface area contributed by atoms with Crippen molar-refractivity contribution < 1.29 is 17.9 Å². The predicted molar refractivity (Wildman–Crippen MR) is 49.2 cm³/mol. The molecule has 0 aliphatic carbocycles. The van der Waals surface area contributed by atoms with E-state index >= 15 is 0 Å². The second-order valence-electron chi connectivity index (χ2n) is 4.02. The molecule has 1 N–H and O–H groups in total. The summed E-state index contributed by atoms with van der Waals surface area (Å²) in [5.41, 5.74) is -0.263. The van der Waals surface area contributed by atoms with Crippen LogP contribution in [0.25, 0.3) is 0 Å². The molecule has 0 amide bonds. The molecule has 0 rings (SSSR count). The number of rotatable bonds is 6. The van der Waals surface area contributed by atoms with Gasteiger partial charge in [0.25, 0.3) is 0 Å². The van der Waals surface area contributed by atoms with E-state index in [1.165, 1.54) is 0 Å². The van der Waals surface area contributed by atoms with Crippen LogP contribution in [-0.2, 0) is 4.74 Å². The first kappa shape index (κ1) is 13.7. The molecule has 0 unspecified atom stereocenters. The Kier molecular flexibility index (Phi) is 5.44. The van der Waals surface area contributed by atoms with Gasteiger partial charge in [-0.1, -0.05) is 13.8 Å². The van der Waals surface area contributed by atoms with Gasteiger partial charge < -0.3 is 10.1 Å². The molecule has 0 saturated heterocycles. The summed E-state index contributed by atoms with van der Waals surface area (Å²) in [6.07, 6.45) is -4.14. The molecule has 5 heteroatoms. The molecule has 0 aromatic carbocycles. The second-order valence-corrected chi connectivity index (χ2v) is 4.02. The standard InChI is InChI=1S/C9H18F3NO/c1-4-14-7-8(2,3)5-13-6-9(10,11)12/h13H,4-7H2,1-3H3. The Morgan fingerprint density at radius 1 is 1.14 bits per heavy atom. The number of nitrogens with one attached hydrogen (secondary N) is 1. The molecule has 0 bridgehead atoms. The minimum atomic E-state index is -4.14. The molecule has 0 spiro atoms. The van der Waals surface area contributed by atoms with Crippen molar-refractivity contribution in [1.82, 2.24) is 5.32 Å². The van der Waals surface area contributed by atoms with Crippen LogP contribution in [0.1, 0.15) is 20.8 Å². The van der Waals surface area contributed by atoms with Crippen molar-refractivity contribution in [2.24, 2.45) is 5.41 Å². The Labute approximate surface area is 82.8 Å². The normalized spacial score (nSPS) is 13.3. The van der Waals surface area contributed by atoms with Crippen LogP contribution in [0.2, 0.25) is 0 Å². The Morgan fingerprint density at radius 2 is 1.71 bits per heavy atom. The first-order valence-corrected chi connectivity index (χ1v) is 4.62. The van der Waals surface area contributed by atoms with Gasteiger partial charge in [0, 0.05) is 18.6 Å². The maximum Gasteiger partial charge on any atom is 0.401 e. The summed E-state index contributed by atoms with van der Waals surface area (Å²) in [6, 6.07) is 0. The highest BCUT2D eigenvalue weighted by molar-refractivity contribution is 4.71. The van der Waals surface area contributed by atoms with Gasteiger partial charge >= 0.3 is 6.18 Å². The van der Waals surface area contributed by atoms with Crippen LogP contribution in [0.15, 0.2) is 0 Å².